The van der Waals surface area contributed by atoms with Crippen LogP contribution in [-0.2, 0) is 4.79 Å². The Balaban J connectivity index is 1.76. The first-order valence-electron chi connectivity index (χ1n) is 6.38. The summed E-state index contributed by atoms with van der Waals surface area (Å²) in [5.74, 6) is 0.758. The van der Waals surface area contributed by atoms with Gasteiger partial charge in [-0.05, 0) is 43.0 Å². The summed E-state index contributed by atoms with van der Waals surface area (Å²) in [6.07, 6.45) is 4.91. The topological polar surface area (TPSA) is 20.3 Å². The molecule has 1 aliphatic carbocycles. The molecule has 0 spiro atoms. The number of β-lactam (4-membered cyclic amide) rings is 1. The molecule has 2 nitrogen and oxygen atoms in total. The smallest absolute Gasteiger partial charge is 0.246 e. The number of nitrogens with zero attached hydrogens (tertiary/aromatic N) is 1. The Bertz CT molecular complexity index is 467. The largest absolute Gasteiger partial charge is 0.309 e. The van der Waals surface area contributed by atoms with Gasteiger partial charge in [0, 0.05) is 10.2 Å². The van der Waals surface area contributed by atoms with E-state index in [1.165, 1.54) is 25.7 Å². The third-order valence-corrected chi connectivity index (χ3v) is 5.90. The van der Waals surface area contributed by atoms with Crippen molar-refractivity contribution in [2.45, 2.75) is 30.0 Å². The van der Waals surface area contributed by atoms with Crippen LogP contribution in [0.3, 0.4) is 0 Å². The van der Waals surface area contributed by atoms with Crippen molar-refractivity contribution in [1.29, 1.82) is 0 Å². The molecule has 4 heteroatoms. The number of hydrogen-bond acceptors (Lipinski definition) is 1. The van der Waals surface area contributed by atoms with Gasteiger partial charge in [0.15, 0.2) is 0 Å². The van der Waals surface area contributed by atoms with Gasteiger partial charge in [-0.2, -0.15) is 0 Å². The van der Waals surface area contributed by atoms with Crippen LogP contribution < -0.4 is 4.90 Å². The van der Waals surface area contributed by atoms with Crippen LogP contribution in [0.1, 0.15) is 25.7 Å². The molecule has 0 N–H and O–H groups in total. The number of carbonyl (C=O) groups excluding carboxylic acids is 1. The van der Waals surface area contributed by atoms with E-state index in [9.17, 15) is 4.79 Å². The molecule has 1 aromatic rings. The third kappa shape index (κ3) is 1.94. The zero-order valence-electron chi connectivity index (χ0n) is 10.0. The molecule has 18 heavy (non-hydrogen) atoms. The molecule has 1 saturated heterocycles. The summed E-state index contributed by atoms with van der Waals surface area (Å²) in [6.45, 7) is 0.804. The van der Waals surface area contributed by atoms with Crippen molar-refractivity contribution in [3.63, 3.8) is 0 Å². The molecule has 2 aliphatic rings. The normalized spacial score (nSPS) is 28.6. The first kappa shape index (κ1) is 12.7. The summed E-state index contributed by atoms with van der Waals surface area (Å²) < 4.78 is 0.761. The second-order valence-corrected chi connectivity index (χ2v) is 7.54. The Morgan fingerprint density at radius 3 is 2.33 bits per heavy atom. The predicted octanol–water partition coefficient (Wildman–Crippen LogP) is 4.12. The quantitative estimate of drug-likeness (QED) is 0.564. The van der Waals surface area contributed by atoms with Gasteiger partial charge in [-0.1, -0.05) is 44.7 Å². The Hall–Kier alpha value is -0.350. The maximum atomic E-state index is 12.4. The van der Waals surface area contributed by atoms with Crippen LogP contribution in [0.15, 0.2) is 28.7 Å². The van der Waals surface area contributed by atoms with Crippen molar-refractivity contribution < 1.29 is 4.79 Å². The van der Waals surface area contributed by atoms with Crippen molar-refractivity contribution >= 4 is 43.5 Å². The van der Waals surface area contributed by atoms with E-state index >= 15 is 0 Å². The first-order valence-corrected chi connectivity index (χ1v) is 7.96. The van der Waals surface area contributed by atoms with Crippen LogP contribution in [-0.4, -0.2) is 16.8 Å². The number of anilines is 1. The van der Waals surface area contributed by atoms with E-state index in [0.29, 0.717) is 5.92 Å². The van der Waals surface area contributed by atoms with E-state index in [0.717, 1.165) is 16.7 Å². The van der Waals surface area contributed by atoms with Crippen LogP contribution in [0.5, 0.6) is 0 Å². The molecule has 1 unspecified atom stereocenters. The Labute approximate surface area is 124 Å². The molecule has 1 saturated carbocycles. The molecule has 0 aromatic heterocycles. The predicted molar refractivity (Wildman–Crippen MR) is 80.1 cm³/mol. The molecular weight excluding hydrogens is 358 g/mol. The summed E-state index contributed by atoms with van der Waals surface area (Å²) in [4.78, 5) is 14.3. The van der Waals surface area contributed by atoms with Crippen LogP contribution in [0.2, 0.25) is 0 Å². The second-order valence-electron chi connectivity index (χ2n) is 5.21. The summed E-state index contributed by atoms with van der Waals surface area (Å²) >= 11 is 7.12. The van der Waals surface area contributed by atoms with Gasteiger partial charge in [0.25, 0.3) is 0 Å². The number of halogens is 2. The number of rotatable bonds is 2. The molecular formula is C14H15Br2NO. The molecule has 1 aromatic carbocycles. The number of amides is 1. The lowest BCUT2D eigenvalue weighted by atomic mass is 9.83. The summed E-state index contributed by atoms with van der Waals surface area (Å²) in [5, 5.41) is 0. The van der Waals surface area contributed by atoms with Crippen LogP contribution >= 0.6 is 31.9 Å². The van der Waals surface area contributed by atoms with Gasteiger partial charge in [0.1, 0.15) is 4.32 Å². The van der Waals surface area contributed by atoms with Crippen molar-refractivity contribution in [3.05, 3.63) is 28.7 Å². The first-order chi connectivity index (χ1) is 8.61. The van der Waals surface area contributed by atoms with Gasteiger partial charge in [-0.25, -0.2) is 0 Å². The molecule has 1 heterocycles. The average molecular weight is 373 g/mol. The SMILES string of the molecule is O=C1N(c2ccc(Br)cc2)CC1(Br)C1CCCC1. The minimum absolute atomic E-state index is 0.233. The zero-order chi connectivity index (χ0) is 12.8. The van der Waals surface area contributed by atoms with Crippen molar-refractivity contribution in [1.82, 2.24) is 0 Å². The minimum Gasteiger partial charge on any atom is -0.309 e. The number of benzene rings is 1. The van der Waals surface area contributed by atoms with Crippen LogP contribution in [0, 0.1) is 5.92 Å². The lowest BCUT2D eigenvalue weighted by Crippen LogP contribution is -2.66. The van der Waals surface area contributed by atoms with Gasteiger partial charge in [0.2, 0.25) is 5.91 Å². The summed E-state index contributed by atoms with van der Waals surface area (Å²) in [5.41, 5.74) is 0.997. The monoisotopic (exact) mass is 371 g/mol. The van der Waals surface area contributed by atoms with Gasteiger partial charge in [-0.15, -0.1) is 0 Å². The fourth-order valence-electron chi connectivity index (χ4n) is 3.02. The molecule has 96 valence electrons. The highest BCUT2D eigenvalue weighted by molar-refractivity contribution is 9.10. The Morgan fingerprint density at radius 1 is 1.17 bits per heavy atom. The fraction of sp³-hybridized carbons (Fsp3) is 0.500. The summed E-state index contributed by atoms with van der Waals surface area (Å²) in [7, 11) is 0. The molecule has 1 aliphatic heterocycles. The third-order valence-electron chi connectivity index (χ3n) is 4.13. The lowest BCUT2D eigenvalue weighted by molar-refractivity contribution is -0.126. The highest BCUT2D eigenvalue weighted by Gasteiger charge is 2.55. The van der Waals surface area contributed by atoms with Crippen molar-refractivity contribution in [2.75, 3.05) is 11.4 Å². The highest BCUT2D eigenvalue weighted by Crippen LogP contribution is 2.47. The van der Waals surface area contributed by atoms with Crippen LogP contribution in [0.4, 0.5) is 5.69 Å². The summed E-state index contributed by atoms with van der Waals surface area (Å²) in [6, 6.07) is 7.94. The molecule has 3 rings (SSSR count). The zero-order valence-corrected chi connectivity index (χ0v) is 13.2. The number of carbonyl (C=O) groups is 1. The van der Waals surface area contributed by atoms with E-state index in [4.69, 9.17) is 0 Å². The molecule has 2 fully saturated rings. The molecule has 0 radical (unpaired) electrons. The van der Waals surface area contributed by atoms with Gasteiger partial charge < -0.3 is 4.90 Å². The lowest BCUT2D eigenvalue weighted by Gasteiger charge is -2.48. The van der Waals surface area contributed by atoms with E-state index < -0.39 is 0 Å². The van der Waals surface area contributed by atoms with E-state index in [2.05, 4.69) is 31.9 Å². The average Bonchev–Trinajstić information content (AvgIpc) is 2.91. The van der Waals surface area contributed by atoms with Crippen LogP contribution in [0.25, 0.3) is 0 Å². The maximum absolute atomic E-state index is 12.4. The minimum atomic E-state index is -0.281. The van der Waals surface area contributed by atoms with Gasteiger partial charge in [0.05, 0.1) is 6.54 Å². The molecule has 1 atom stereocenters. The van der Waals surface area contributed by atoms with Crippen molar-refractivity contribution in [3.8, 4) is 0 Å². The van der Waals surface area contributed by atoms with E-state index in [-0.39, 0.29) is 10.2 Å². The van der Waals surface area contributed by atoms with Gasteiger partial charge in [-0.3, -0.25) is 4.79 Å². The maximum Gasteiger partial charge on any atom is 0.246 e. The Kier molecular flexibility index (Phi) is 3.27. The number of hydrogen-bond donors (Lipinski definition) is 0. The second kappa shape index (κ2) is 4.64. The van der Waals surface area contributed by atoms with E-state index in [1.807, 2.05) is 29.2 Å². The number of alkyl halides is 1. The fourth-order valence-corrected chi connectivity index (χ4v) is 4.21. The highest BCUT2D eigenvalue weighted by atomic mass is 79.9. The standard InChI is InChI=1S/C14H15Br2NO/c15-11-5-7-12(8-6-11)17-9-14(16,13(17)18)10-3-1-2-4-10/h5-8,10H,1-4,9H2. The van der Waals surface area contributed by atoms with Crippen molar-refractivity contribution in [2.24, 2.45) is 5.92 Å². The molecule has 0 bridgehead atoms. The Morgan fingerprint density at radius 2 is 1.78 bits per heavy atom. The van der Waals surface area contributed by atoms with E-state index in [1.54, 1.807) is 0 Å². The van der Waals surface area contributed by atoms with Gasteiger partial charge >= 0.3 is 0 Å². The molecule has 1 amide bonds.